The molecule has 0 bridgehead atoms. The van der Waals surface area contributed by atoms with Crippen molar-refractivity contribution < 1.29 is 33.3 Å². The summed E-state index contributed by atoms with van der Waals surface area (Å²) in [6, 6.07) is 10.6. The van der Waals surface area contributed by atoms with Gasteiger partial charge in [0, 0.05) is 37.2 Å². The molecule has 0 aliphatic heterocycles. The van der Waals surface area contributed by atoms with E-state index in [1.165, 1.54) is 37.6 Å². The molecule has 0 N–H and O–H groups in total. The van der Waals surface area contributed by atoms with Crippen LogP contribution in [0.15, 0.2) is 54.2 Å². The van der Waals surface area contributed by atoms with Crippen molar-refractivity contribution >= 4 is 29.1 Å². The van der Waals surface area contributed by atoms with Crippen LogP contribution in [0.1, 0.15) is 48.8 Å². The molecule has 1 unspecified atom stereocenters. The summed E-state index contributed by atoms with van der Waals surface area (Å²) in [5.74, 6) is -1.78. The first kappa shape index (κ1) is 25.8. The predicted molar refractivity (Wildman–Crippen MR) is 128 cm³/mol. The third-order valence-corrected chi connectivity index (χ3v) is 5.76. The molecule has 3 aromatic rings. The van der Waals surface area contributed by atoms with Gasteiger partial charge >= 0.3 is 11.9 Å². The van der Waals surface area contributed by atoms with Gasteiger partial charge in [-0.1, -0.05) is 25.1 Å². The minimum absolute atomic E-state index is 0.0819. The standard InChI is InChI=1S/C25H26N2O7S/c1-15(14-19(29)21-23(33-17(3)28)20(31-4)10-11-26-21)25(30)32-16(2)22(24-27-12-13-35-24)34-18-8-6-5-7-9-18/h5-13,15-16,22H,14H2,1-4H3/t15-,16+,22?/m1/s1. The molecular formula is C25H26N2O7S. The van der Waals surface area contributed by atoms with Gasteiger partial charge in [0.2, 0.25) is 5.75 Å². The molecule has 0 spiro atoms. The van der Waals surface area contributed by atoms with Crippen LogP contribution >= 0.6 is 11.3 Å². The lowest BCUT2D eigenvalue weighted by Gasteiger charge is -2.24. The smallest absolute Gasteiger partial charge is 0.309 e. The average molecular weight is 499 g/mol. The second-order valence-corrected chi connectivity index (χ2v) is 8.60. The Hall–Kier alpha value is -3.79. The van der Waals surface area contributed by atoms with E-state index in [0.29, 0.717) is 10.8 Å². The maximum atomic E-state index is 12.9. The van der Waals surface area contributed by atoms with Gasteiger partial charge in [0.05, 0.1) is 13.0 Å². The fourth-order valence-corrected chi connectivity index (χ4v) is 3.98. The number of rotatable bonds is 11. The number of ketones is 1. The maximum Gasteiger partial charge on any atom is 0.309 e. The summed E-state index contributed by atoms with van der Waals surface area (Å²) < 4.78 is 22.0. The van der Waals surface area contributed by atoms with E-state index in [1.807, 2.05) is 23.6 Å². The van der Waals surface area contributed by atoms with Gasteiger partial charge in [-0.2, -0.15) is 0 Å². The number of aromatic nitrogens is 2. The van der Waals surface area contributed by atoms with Crippen molar-refractivity contribution in [2.45, 2.75) is 39.4 Å². The molecule has 2 aromatic heterocycles. The maximum absolute atomic E-state index is 12.9. The first-order chi connectivity index (χ1) is 16.8. The molecule has 9 nitrogen and oxygen atoms in total. The van der Waals surface area contributed by atoms with Crippen LogP contribution in [0.4, 0.5) is 0 Å². The van der Waals surface area contributed by atoms with Gasteiger partial charge in [-0.15, -0.1) is 11.3 Å². The summed E-state index contributed by atoms with van der Waals surface area (Å²) in [6.07, 6.45) is 1.50. The van der Waals surface area contributed by atoms with Crippen LogP contribution < -0.4 is 14.2 Å². The first-order valence-corrected chi connectivity index (χ1v) is 11.7. The molecule has 0 aliphatic rings. The Balaban J connectivity index is 1.70. The molecule has 35 heavy (non-hydrogen) atoms. The minimum Gasteiger partial charge on any atom is -0.493 e. The number of carbonyl (C=O) groups excluding carboxylic acids is 3. The van der Waals surface area contributed by atoms with Crippen molar-refractivity contribution in [3.05, 3.63) is 64.9 Å². The van der Waals surface area contributed by atoms with Gasteiger partial charge in [-0.3, -0.25) is 14.4 Å². The number of para-hydroxylation sites is 1. The quantitative estimate of drug-likeness (QED) is 0.280. The van der Waals surface area contributed by atoms with Gasteiger partial charge in [0.1, 0.15) is 16.9 Å². The summed E-state index contributed by atoms with van der Waals surface area (Å²) in [7, 11) is 1.38. The molecule has 2 heterocycles. The highest BCUT2D eigenvalue weighted by Crippen LogP contribution is 2.32. The number of thiazole rings is 1. The van der Waals surface area contributed by atoms with Crippen molar-refractivity contribution in [3.8, 4) is 17.2 Å². The van der Waals surface area contributed by atoms with Crippen LogP contribution in [0.3, 0.4) is 0 Å². The molecular weight excluding hydrogens is 472 g/mol. The number of pyridine rings is 1. The van der Waals surface area contributed by atoms with Crippen LogP contribution in [0, 0.1) is 5.92 Å². The fraction of sp³-hybridized carbons (Fsp3) is 0.320. The van der Waals surface area contributed by atoms with Gasteiger partial charge in [0.15, 0.2) is 23.3 Å². The van der Waals surface area contributed by atoms with Crippen LogP contribution in [-0.2, 0) is 14.3 Å². The van der Waals surface area contributed by atoms with E-state index in [9.17, 15) is 14.4 Å². The number of ether oxygens (including phenoxy) is 4. The van der Waals surface area contributed by atoms with Crippen LogP contribution in [-0.4, -0.2) is 40.9 Å². The van der Waals surface area contributed by atoms with Crippen LogP contribution in [0.2, 0.25) is 0 Å². The van der Waals surface area contributed by atoms with E-state index in [2.05, 4.69) is 9.97 Å². The molecule has 10 heteroatoms. The van der Waals surface area contributed by atoms with Gasteiger partial charge in [0.25, 0.3) is 0 Å². The Kier molecular flexibility index (Phi) is 8.91. The Morgan fingerprint density at radius 2 is 1.77 bits per heavy atom. The Labute approximate surface area is 207 Å². The van der Waals surface area contributed by atoms with Crippen molar-refractivity contribution in [1.29, 1.82) is 0 Å². The summed E-state index contributed by atoms with van der Waals surface area (Å²) in [4.78, 5) is 45.6. The number of hydrogen-bond donors (Lipinski definition) is 0. The SMILES string of the molecule is COc1ccnc(C(=O)C[C@@H](C)C(=O)O[C@@H](C)C(Oc2ccccc2)c2nccs2)c1OC(C)=O. The van der Waals surface area contributed by atoms with Crippen LogP contribution in [0.25, 0.3) is 0 Å². The number of methoxy groups -OCH3 is 1. The average Bonchev–Trinajstić information content (AvgIpc) is 3.37. The Morgan fingerprint density at radius 3 is 2.40 bits per heavy atom. The molecule has 0 amide bonds. The zero-order chi connectivity index (χ0) is 25.4. The van der Waals surface area contributed by atoms with Gasteiger partial charge < -0.3 is 18.9 Å². The molecule has 0 radical (unpaired) electrons. The topological polar surface area (TPSA) is 114 Å². The van der Waals surface area contributed by atoms with Crippen molar-refractivity contribution in [3.63, 3.8) is 0 Å². The lowest BCUT2D eigenvalue weighted by molar-refractivity contribution is -0.157. The zero-order valence-electron chi connectivity index (χ0n) is 19.8. The molecule has 3 rings (SSSR count). The van der Waals surface area contributed by atoms with E-state index < -0.39 is 35.8 Å². The summed E-state index contributed by atoms with van der Waals surface area (Å²) in [5.41, 5.74) is -0.0969. The highest BCUT2D eigenvalue weighted by molar-refractivity contribution is 7.09. The summed E-state index contributed by atoms with van der Waals surface area (Å²) in [6.45, 7) is 4.50. The molecule has 184 valence electrons. The number of carbonyl (C=O) groups is 3. The normalized spacial score (nSPS) is 13.3. The monoisotopic (exact) mass is 498 g/mol. The lowest BCUT2D eigenvalue weighted by Crippen LogP contribution is -2.30. The number of nitrogens with zero attached hydrogens (tertiary/aromatic N) is 2. The molecule has 1 aromatic carbocycles. The number of benzene rings is 1. The van der Waals surface area contributed by atoms with Gasteiger partial charge in [-0.25, -0.2) is 9.97 Å². The third-order valence-electron chi connectivity index (χ3n) is 4.92. The van der Waals surface area contributed by atoms with E-state index in [1.54, 1.807) is 32.2 Å². The van der Waals surface area contributed by atoms with Crippen LogP contribution in [0.5, 0.6) is 17.2 Å². The second-order valence-electron chi connectivity index (χ2n) is 7.68. The molecule has 0 saturated heterocycles. The van der Waals surface area contributed by atoms with Crippen molar-refractivity contribution in [2.24, 2.45) is 5.92 Å². The van der Waals surface area contributed by atoms with E-state index in [4.69, 9.17) is 18.9 Å². The highest BCUT2D eigenvalue weighted by Gasteiger charge is 2.31. The lowest BCUT2D eigenvalue weighted by atomic mass is 10.0. The number of hydrogen-bond acceptors (Lipinski definition) is 10. The summed E-state index contributed by atoms with van der Waals surface area (Å²) in [5, 5.41) is 2.47. The largest absolute Gasteiger partial charge is 0.493 e. The second kappa shape index (κ2) is 12.1. The molecule has 0 saturated carbocycles. The minimum atomic E-state index is -0.795. The highest BCUT2D eigenvalue weighted by atomic mass is 32.1. The first-order valence-electron chi connectivity index (χ1n) is 10.9. The number of Topliss-reactive ketones (excluding diaryl/α,β-unsaturated/α-hetero) is 1. The fourth-order valence-electron chi connectivity index (χ4n) is 3.22. The van der Waals surface area contributed by atoms with E-state index >= 15 is 0 Å². The molecule has 0 aliphatic carbocycles. The Bertz CT molecular complexity index is 1150. The van der Waals surface area contributed by atoms with Crippen molar-refractivity contribution in [1.82, 2.24) is 9.97 Å². The predicted octanol–water partition coefficient (Wildman–Crippen LogP) is 4.43. The molecule has 3 atom stereocenters. The Morgan fingerprint density at radius 1 is 1.03 bits per heavy atom. The molecule has 0 fully saturated rings. The van der Waals surface area contributed by atoms with Gasteiger partial charge in [-0.05, 0) is 19.1 Å². The third kappa shape index (κ3) is 6.86. The zero-order valence-corrected chi connectivity index (χ0v) is 20.6. The van der Waals surface area contributed by atoms with E-state index in [0.717, 1.165) is 0 Å². The number of esters is 2. The summed E-state index contributed by atoms with van der Waals surface area (Å²) >= 11 is 1.39. The van der Waals surface area contributed by atoms with E-state index in [-0.39, 0.29) is 23.6 Å². The van der Waals surface area contributed by atoms with Crippen molar-refractivity contribution in [2.75, 3.05) is 7.11 Å².